The van der Waals surface area contributed by atoms with Crippen molar-refractivity contribution in [1.82, 2.24) is 3.94 Å². The summed E-state index contributed by atoms with van der Waals surface area (Å²) in [6, 6.07) is 0. The molecule has 3 nitrogen and oxygen atoms in total. The number of carbonyl (C=O) groups excluding carboxylic acids is 1. The van der Waals surface area contributed by atoms with E-state index < -0.39 is 11.5 Å². The summed E-state index contributed by atoms with van der Waals surface area (Å²) in [7, 11) is 0. The molecule has 0 unspecified atom stereocenters. The average molecular weight is 214 g/mol. The van der Waals surface area contributed by atoms with Gasteiger partial charge in [-0.3, -0.25) is 0 Å². The molecule has 0 aromatic rings. The third-order valence-corrected chi connectivity index (χ3v) is 2.20. The van der Waals surface area contributed by atoms with Gasteiger partial charge in [-0.15, -0.1) is 3.94 Å². The number of ether oxygens (including phenoxy) is 1. The molecule has 0 aliphatic rings. The van der Waals surface area contributed by atoms with Crippen molar-refractivity contribution >= 4 is 29.5 Å². The van der Waals surface area contributed by atoms with Crippen LogP contribution in [-0.2, 0) is 9.53 Å². The van der Waals surface area contributed by atoms with Crippen molar-refractivity contribution in [2.75, 3.05) is 6.61 Å². The predicted molar refractivity (Wildman–Crippen MR) is 48.9 cm³/mol. The lowest BCUT2D eigenvalue weighted by molar-refractivity contribution is -0.151. The molecule has 0 radical (unpaired) electrons. The number of carbonyl (C=O) groups is 1. The highest BCUT2D eigenvalue weighted by molar-refractivity contribution is 6.35. The maximum absolute atomic E-state index is 11.2. The number of nitrogens with zero attached hydrogens (tertiary/aromatic N) is 1. The van der Waals surface area contributed by atoms with Gasteiger partial charge in [-0.05, 0) is 43.8 Å². The topological polar surface area (TPSA) is 29.5 Å². The number of esters is 1. The molecular weight excluding hydrogens is 201 g/mol. The molecule has 0 saturated carbocycles. The molecule has 0 aliphatic carbocycles. The van der Waals surface area contributed by atoms with E-state index in [1.54, 1.807) is 13.8 Å². The predicted octanol–water partition coefficient (Wildman–Crippen LogP) is 2.33. The van der Waals surface area contributed by atoms with Gasteiger partial charge >= 0.3 is 5.97 Å². The lowest BCUT2D eigenvalue weighted by Crippen LogP contribution is -2.41. The smallest absolute Gasteiger partial charge is 0.328 e. The largest absolute Gasteiger partial charge is 0.464 e. The van der Waals surface area contributed by atoms with Crippen LogP contribution in [0.4, 0.5) is 0 Å². The summed E-state index contributed by atoms with van der Waals surface area (Å²) in [6.07, 6.45) is 0.784. The number of hydrogen-bond donors (Lipinski definition) is 0. The van der Waals surface area contributed by atoms with E-state index in [2.05, 4.69) is 0 Å². The van der Waals surface area contributed by atoms with Crippen LogP contribution >= 0.6 is 23.6 Å². The average Bonchev–Trinajstić information content (AvgIpc) is 1.99. The summed E-state index contributed by atoms with van der Waals surface area (Å²) >= 11 is 10.9. The van der Waals surface area contributed by atoms with Crippen molar-refractivity contribution in [3.8, 4) is 0 Å². The molecule has 0 aliphatic heterocycles. The van der Waals surface area contributed by atoms with Gasteiger partial charge in [-0.1, -0.05) is 6.92 Å². The maximum atomic E-state index is 11.2. The SMILES string of the molecule is CCCOC(=O)C(C)(C)N(Cl)Cl. The van der Waals surface area contributed by atoms with Crippen LogP contribution in [0.15, 0.2) is 0 Å². The summed E-state index contributed by atoms with van der Waals surface area (Å²) in [5, 5.41) is 0. The lowest BCUT2D eigenvalue weighted by Gasteiger charge is -2.24. The summed E-state index contributed by atoms with van der Waals surface area (Å²) in [6.45, 7) is 5.49. The Hall–Kier alpha value is 0.01000. The highest BCUT2D eigenvalue weighted by Crippen LogP contribution is 2.21. The Morgan fingerprint density at radius 1 is 1.50 bits per heavy atom. The van der Waals surface area contributed by atoms with Gasteiger partial charge in [-0.25, -0.2) is 4.79 Å². The molecule has 72 valence electrons. The van der Waals surface area contributed by atoms with E-state index in [0.29, 0.717) is 6.61 Å². The van der Waals surface area contributed by atoms with Gasteiger partial charge in [0.25, 0.3) is 0 Å². The molecule has 0 bridgehead atoms. The van der Waals surface area contributed by atoms with Crippen LogP contribution < -0.4 is 0 Å². The van der Waals surface area contributed by atoms with Crippen molar-refractivity contribution < 1.29 is 9.53 Å². The first-order chi connectivity index (χ1) is 5.42. The molecule has 0 saturated heterocycles. The van der Waals surface area contributed by atoms with Crippen molar-refractivity contribution in [2.45, 2.75) is 32.7 Å². The van der Waals surface area contributed by atoms with E-state index >= 15 is 0 Å². The van der Waals surface area contributed by atoms with Gasteiger partial charge in [0.1, 0.15) is 5.54 Å². The van der Waals surface area contributed by atoms with Crippen LogP contribution in [0.25, 0.3) is 0 Å². The Labute approximate surface area is 82.8 Å². The Bertz CT molecular complexity index is 159. The Morgan fingerprint density at radius 2 is 2.00 bits per heavy atom. The van der Waals surface area contributed by atoms with Crippen LogP contribution in [-0.4, -0.2) is 22.1 Å². The van der Waals surface area contributed by atoms with Crippen molar-refractivity contribution in [1.29, 1.82) is 0 Å². The lowest BCUT2D eigenvalue weighted by atomic mass is 10.1. The minimum atomic E-state index is -0.988. The number of halogens is 2. The Kier molecular flexibility index (Phi) is 4.90. The monoisotopic (exact) mass is 213 g/mol. The molecule has 0 atom stereocenters. The summed E-state index contributed by atoms with van der Waals surface area (Å²) < 4.78 is 5.66. The summed E-state index contributed by atoms with van der Waals surface area (Å²) in [5.74, 6) is -0.422. The summed E-state index contributed by atoms with van der Waals surface area (Å²) in [5.41, 5.74) is -0.988. The van der Waals surface area contributed by atoms with Crippen LogP contribution in [0.5, 0.6) is 0 Å². The first-order valence-electron chi connectivity index (χ1n) is 3.72. The normalized spacial score (nSPS) is 11.8. The van der Waals surface area contributed by atoms with Crippen LogP contribution in [0.3, 0.4) is 0 Å². The third-order valence-electron chi connectivity index (χ3n) is 1.36. The zero-order valence-corrected chi connectivity index (χ0v) is 8.95. The van der Waals surface area contributed by atoms with Gasteiger partial charge in [-0.2, -0.15) is 0 Å². The highest BCUT2D eigenvalue weighted by Gasteiger charge is 2.35. The molecule has 0 N–H and O–H groups in total. The zero-order chi connectivity index (χ0) is 9.78. The third kappa shape index (κ3) is 3.17. The van der Waals surface area contributed by atoms with Gasteiger partial charge in [0, 0.05) is 0 Å². The van der Waals surface area contributed by atoms with E-state index in [0.717, 1.165) is 10.4 Å². The van der Waals surface area contributed by atoms with Gasteiger partial charge in [0.15, 0.2) is 0 Å². The standard InChI is InChI=1S/C7H13Cl2NO2/c1-4-5-12-6(11)7(2,3)10(8)9/h4-5H2,1-3H3. The summed E-state index contributed by atoms with van der Waals surface area (Å²) in [4.78, 5) is 11.2. The molecule has 0 aromatic heterocycles. The van der Waals surface area contributed by atoms with Crippen molar-refractivity contribution in [2.24, 2.45) is 0 Å². The van der Waals surface area contributed by atoms with Crippen LogP contribution in [0, 0.1) is 0 Å². The zero-order valence-electron chi connectivity index (χ0n) is 7.43. The molecule has 0 spiro atoms. The molecule has 0 fully saturated rings. The second-order valence-corrected chi connectivity index (χ2v) is 3.78. The molecule has 0 rings (SSSR count). The molecular formula is C7H13Cl2NO2. The van der Waals surface area contributed by atoms with E-state index in [-0.39, 0.29) is 0 Å². The highest BCUT2D eigenvalue weighted by atomic mass is 35.5. The first-order valence-corrected chi connectivity index (χ1v) is 4.39. The molecule has 12 heavy (non-hydrogen) atoms. The maximum Gasteiger partial charge on any atom is 0.328 e. The minimum Gasteiger partial charge on any atom is -0.464 e. The van der Waals surface area contributed by atoms with Gasteiger partial charge in [0.2, 0.25) is 0 Å². The minimum absolute atomic E-state index is 0.393. The van der Waals surface area contributed by atoms with Gasteiger partial charge in [0.05, 0.1) is 6.61 Å². The number of rotatable bonds is 4. The first kappa shape index (κ1) is 12.0. The second kappa shape index (κ2) is 4.90. The fourth-order valence-electron chi connectivity index (χ4n) is 0.440. The Balaban J connectivity index is 4.07. The van der Waals surface area contributed by atoms with Gasteiger partial charge < -0.3 is 4.74 Å². The van der Waals surface area contributed by atoms with Crippen molar-refractivity contribution in [3.05, 3.63) is 0 Å². The molecule has 0 aromatic carbocycles. The molecule has 0 heterocycles. The van der Waals surface area contributed by atoms with E-state index in [9.17, 15) is 4.79 Å². The van der Waals surface area contributed by atoms with Crippen molar-refractivity contribution in [3.63, 3.8) is 0 Å². The fourth-order valence-corrected chi connectivity index (χ4v) is 0.578. The number of hydrogen-bond acceptors (Lipinski definition) is 3. The second-order valence-electron chi connectivity index (χ2n) is 2.93. The van der Waals surface area contributed by atoms with E-state index in [1.807, 2.05) is 6.92 Å². The van der Waals surface area contributed by atoms with Crippen LogP contribution in [0.2, 0.25) is 0 Å². The Morgan fingerprint density at radius 3 is 2.33 bits per heavy atom. The fraction of sp³-hybridized carbons (Fsp3) is 0.857. The van der Waals surface area contributed by atoms with E-state index in [1.165, 1.54) is 0 Å². The van der Waals surface area contributed by atoms with Crippen LogP contribution in [0.1, 0.15) is 27.2 Å². The quantitative estimate of drug-likeness (QED) is 0.531. The van der Waals surface area contributed by atoms with E-state index in [4.69, 9.17) is 28.3 Å². The molecule has 0 amide bonds. The molecule has 5 heteroatoms.